The summed E-state index contributed by atoms with van der Waals surface area (Å²) in [6.45, 7) is 1.72. The molecule has 2 heterocycles. The number of furan rings is 1. The van der Waals surface area contributed by atoms with E-state index in [0.717, 1.165) is 19.3 Å². The molecule has 2 aliphatic carbocycles. The molecule has 1 aromatic heterocycles. The van der Waals surface area contributed by atoms with Crippen LogP contribution in [0.25, 0.3) is 0 Å². The molecule has 0 aromatic carbocycles. The molecule has 25 heavy (non-hydrogen) atoms. The Morgan fingerprint density at radius 3 is 2.24 bits per heavy atom. The smallest absolute Gasteiger partial charge is 0.289 e. The second kappa shape index (κ2) is 6.20. The lowest BCUT2D eigenvalue weighted by Gasteiger charge is -2.39. The van der Waals surface area contributed by atoms with Crippen LogP contribution in [0.4, 0.5) is 0 Å². The summed E-state index contributed by atoms with van der Waals surface area (Å²) in [5.74, 6) is -1.88. The van der Waals surface area contributed by atoms with Gasteiger partial charge in [0, 0.05) is 44.0 Å². The molecule has 1 aromatic rings. The maximum atomic E-state index is 12.9. The maximum Gasteiger partial charge on any atom is 0.289 e. The van der Waals surface area contributed by atoms with Crippen molar-refractivity contribution < 1.29 is 23.9 Å². The third-order valence-corrected chi connectivity index (χ3v) is 6.08. The molecule has 3 fully saturated rings. The predicted molar refractivity (Wildman–Crippen MR) is 84.0 cm³/mol. The maximum absolute atomic E-state index is 12.9. The van der Waals surface area contributed by atoms with Gasteiger partial charge in [0.05, 0.1) is 6.26 Å². The fourth-order valence-corrected chi connectivity index (χ4v) is 4.88. The Balaban J connectivity index is 1.40. The molecular formula is C18H21N2O5-. The first-order chi connectivity index (χ1) is 12.1. The van der Waals surface area contributed by atoms with Crippen LogP contribution in [0, 0.1) is 23.7 Å². The molecule has 1 aliphatic heterocycles. The molecule has 0 N–H and O–H groups in total. The van der Waals surface area contributed by atoms with Crippen molar-refractivity contribution in [2.45, 2.75) is 19.3 Å². The third-order valence-electron chi connectivity index (χ3n) is 6.08. The Morgan fingerprint density at radius 2 is 1.64 bits per heavy atom. The highest BCUT2D eigenvalue weighted by molar-refractivity contribution is 5.92. The van der Waals surface area contributed by atoms with Gasteiger partial charge in [0.2, 0.25) is 5.91 Å². The summed E-state index contributed by atoms with van der Waals surface area (Å²) in [5.41, 5.74) is 0. The zero-order valence-corrected chi connectivity index (χ0v) is 13.9. The Bertz CT molecular complexity index is 678. The lowest BCUT2D eigenvalue weighted by atomic mass is 9.78. The van der Waals surface area contributed by atoms with Crippen LogP contribution in [0.1, 0.15) is 29.8 Å². The van der Waals surface area contributed by atoms with Crippen LogP contribution in [-0.2, 0) is 9.59 Å². The zero-order chi connectivity index (χ0) is 17.6. The first-order valence-corrected chi connectivity index (χ1v) is 8.88. The molecule has 0 unspecified atom stereocenters. The van der Waals surface area contributed by atoms with E-state index in [2.05, 4.69) is 0 Å². The van der Waals surface area contributed by atoms with Crippen LogP contribution < -0.4 is 5.11 Å². The monoisotopic (exact) mass is 345 g/mol. The molecule has 4 atom stereocenters. The van der Waals surface area contributed by atoms with E-state index in [-0.39, 0.29) is 23.7 Å². The highest BCUT2D eigenvalue weighted by Gasteiger charge is 2.52. The highest BCUT2D eigenvalue weighted by atomic mass is 16.4. The minimum absolute atomic E-state index is 0.0773. The standard InChI is InChI=1S/C18H22N2O5/c21-16(13-2-1-9-25-13)19-5-7-20(8-6-19)17(22)14-11-3-4-12(10-11)15(14)18(23)24/h1-2,9,11-12,14-15H,3-8,10H2,(H,23,24)/p-1/t11-,12+,14+,15+/m1/s1. The summed E-state index contributed by atoms with van der Waals surface area (Å²) in [6, 6.07) is 3.29. The molecule has 2 saturated carbocycles. The summed E-state index contributed by atoms with van der Waals surface area (Å²) in [5, 5.41) is 11.5. The quantitative estimate of drug-likeness (QED) is 0.767. The first-order valence-electron chi connectivity index (χ1n) is 8.88. The average molecular weight is 345 g/mol. The van der Waals surface area contributed by atoms with Crippen molar-refractivity contribution in [3.05, 3.63) is 24.2 Å². The number of aliphatic carboxylic acids is 1. The number of hydrogen-bond donors (Lipinski definition) is 0. The summed E-state index contributed by atoms with van der Waals surface area (Å²) in [6.07, 6.45) is 4.11. The second-order valence-electron chi connectivity index (χ2n) is 7.30. The summed E-state index contributed by atoms with van der Waals surface area (Å²) >= 11 is 0. The number of hydrogen-bond acceptors (Lipinski definition) is 5. The van der Waals surface area contributed by atoms with Crippen molar-refractivity contribution >= 4 is 17.8 Å². The second-order valence-corrected chi connectivity index (χ2v) is 7.30. The third kappa shape index (κ3) is 2.71. The van der Waals surface area contributed by atoms with E-state index < -0.39 is 17.8 Å². The molecule has 0 spiro atoms. The Hall–Kier alpha value is -2.31. The lowest BCUT2D eigenvalue weighted by molar-refractivity contribution is -0.314. The minimum atomic E-state index is -1.09. The van der Waals surface area contributed by atoms with Crippen LogP contribution in [0.15, 0.2) is 22.8 Å². The van der Waals surface area contributed by atoms with Crippen molar-refractivity contribution in [1.29, 1.82) is 0 Å². The largest absolute Gasteiger partial charge is 0.550 e. The SMILES string of the molecule is O=C([O-])[C@H]1[C@H]2CC[C@H](C2)[C@@H]1C(=O)N1CCN(C(=O)c2ccco2)CC1. The van der Waals surface area contributed by atoms with Gasteiger partial charge in [-0.1, -0.05) is 0 Å². The van der Waals surface area contributed by atoms with Gasteiger partial charge in [0.1, 0.15) is 0 Å². The summed E-state index contributed by atoms with van der Waals surface area (Å²) in [4.78, 5) is 40.1. The molecule has 0 radical (unpaired) electrons. The van der Waals surface area contributed by atoms with Crippen LogP contribution >= 0.6 is 0 Å². The number of nitrogens with zero attached hydrogens (tertiary/aromatic N) is 2. The van der Waals surface area contributed by atoms with E-state index in [9.17, 15) is 19.5 Å². The van der Waals surface area contributed by atoms with Crippen LogP contribution in [-0.4, -0.2) is 53.8 Å². The van der Waals surface area contributed by atoms with E-state index in [4.69, 9.17) is 4.42 Å². The fourth-order valence-electron chi connectivity index (χ4n) is 4.88. The van der Waals surface area contributed by atoms with Gasteiger partial charge < -0.3 is 24.1 Å². The number of carboxylic acids is 1. The molecule has 3 aliphatic rings. The molecule has 7 nitrogen and oxygen atoms in total. The van der Waals surface area contributed by atoms with E-state index in [1.54, 1.807) is 21.9 Å². The van der Waals surface area contributed by atoms with E-state index >= 15 is 0 Å². The molecule has 2 amide bonds. The van der Waals surface area contributed by atoms with E-state index in [1.165, 1.54) is 6.26 Å². The van der Waals surface area contributed by atoms with Gasteiger partial charge in [-0.3, -0.25) is 9.59 Å². The summed E-state index contributed by atoms with van der Waals surface area (Å²) < 4.78 is 5.13. The number of carbonyl (C=O) groups excluding carboxylic acids is 3. The van der Waals surface area contributed by atoms with Crippen molar-refractivity contribution in [2.75, 3.05) is 26.2 Å². The average Bonchev–Trinajstić information content (AvgIpc) is 3.36. The van der Waals surface area contributed by atoms with Crippen molar-refractivity contribution in [2.24, 2.45) is 23.7 Å². The normalized spacial score (nSPS) is 31.4. The minimum Gasteiger partial charge on any atom is -0.550 e. The van der Waals surface area contributed by atoms with Gasteiger partial charge >= 0.3 is 0 Å². The molecule has 2 bridgehead atoms. The topological polar surface area (TPSA) is 93.9 Å². The van der Waals surface area contributed by atoms with Crippen LogP contribution in [0.5, 0.6) is 0 Å². The predicted octanol–water partition coefficient (Wildman–Crippen LogP) is -0.0238. The molecular weight excluding hydrogens is 324 g/mol. The Labute approximate surface area is 145 Å². The number of carboxylic acid groups (broad SMARTS) is 1. The number of amides is 2. The Kier molecular flexibility index (Phi) is 4.01. The van der Waals surface area contributed by atoms with Gasteiger partial charge in [-0.15, -0.1) is 0 Å². The molecule has 1 saturated heterocycles. The Morgan fingerprint density at radius 1 is 1.00 bits per heavy atom. The van der Waals surface area contributed by atoms with Crippen LogP contribution in [0.3, 0.4) is 0 Å². The number of fused-ring (bicyclic) bond motifs is 2. The number of piperazine rings is 1. The number of carbonyl (C=O) groups is 3. The van der Waals surface area contributed by atoms with Crippen molar-refractivity contribution in [1.82, 2.24) is 9.80 Å². The van der Waals surface area contributed by atoms with Gasteiger partial charge in [-0.2, -0.15) is 0 Å². The molecule has 7 heteroatoms. The van der Waals surface area contributed by atoms with Gasteiger partial charge in [-0.25, -0.2) is 0 Å². The summed E-state index contributed by atoms with van der Waals surface area (Å²) in [7, 11) is 0. The molecule has 134 valence electrons. The molecule has 4 rings (SSSR count). The van der Waals surface area contributed by atoms with Crippen LogP contribution in [0.2, 0.25) is 0 Å². The van der Waals surface area contributed by atoms with Gasteiger partial charge in [-0.05, 0) is 43.2 Å². The highest BCUT2D eigenvalue weighted by Crippen LogP contribution is 2.52. The fraction of sp³-hybridized carbons (Fsp3) is 0.611. The lowest BCUT2D eigenvalue weighted by Crippen LogP contribution is -2.54. The zero-order valence-electron chi connectivity index (χ0n) is 13.9. The number of rotatable bonds is 3. The van der Waals surface area contributed by atoms with Gasteiger partial charge in [0.25, 0.3) is 5.91 Å². The van der Waals surface area contributed by atoms with E-state index in [0.29, 0.717) is 31.9 Å². The van der Waals surface area contributed by atoms with Crippen molar-refractivity contribution in [3.8, 4) is 0 Å². The van der Waals surface area contributed by atoms with Gasteiger partial charge in [0.15, 0.2) is 5.76 Å². The first kappa shape index (κ1) is 16.2. The van der Waals surface area contributed by atoms with E-state index in [1.807, 2.05) is 0 Å². The van der Waals surface area contributed by atoms with Crippen molar-refractivity contribution in [3.63, 3.8) is 0 Å².